The first-order valence-corrected chi connectivity index (χ1v) is 8.89. The molecule has 0 aliphatic carbocycles. The molecule has 0 spiro atoms. The summed E-state index contributed by atoms with van der Waals surface area (Å²) < 4.78 is 13.3. The highest BCUT2D eigenvalue weighted by atomic mass is 35.5. The summed E-state index contributed by atoms with van der Waals surface area (Å²) in [6, 6.07) is 6.17. The standard InChI is InChI=1S/C17H12ClFN4O3S/c1-17(11-3-2-10(19)6-12(11)18)15(25)23(16(26)22-17)8-13(24)21-14-9(7-20)4-5-27-14/h2-6H,8H2,1H3,(H,21,24)(H,22,26). The number of hydrogen-bond acceptors (Lipinski definition) is 5. The van der Waals surface area contributed by atoms with E-state index in [1.807, 2.05) is 6.07 Å². The normalized spacial score (nSPS) is 19.0. The van der Waals surface area contributed by atoms with Gasteiger partial charge in [0.2, 0.25) is 5.91 Å². The molecule has 10 heteroatoms. The van der Waals surface area contributed by atoms with E-state index in [1.165, 1.54) is 13.0 Å². The van der Waals surface area contributed by atoms with Gasteiger partial charge in [0.25, 0.3) is 5.91 Å². The fourth-order valence-corrected chi connectivity index (χ4v) is 3.83. The van der Waals surface area contributed by atoms with Crippen molar-refractivity contribution in [1.29, 1.82) is 5.26 Å². The van der Waals surface area contributed by atoms with Gasteiger partial charge in [0, 0.05) is 10.6 Å². The maximum absolute atomic E-state index is 13.3. The third-order valence-corrected chi connectivity index (χ3v) is 5.23. The van der Waals surface area contributed by atoms with Crippen molar-refractivity contribution in [1.82, 2.24) is 10.2 Å². The topological polar surface area (TPSA) is 102 Å². The number of carbonyl (C=O) groups excluding carboxylic acids is 3. The van der Waals surface area contributed by atoms with E-state index in [4.69, 9.17) is 16.9 Å². The van der Waals surface area contributed by atoms with Gasteiger partial charge in [0.1, 0.15) is 29.0 Å². The van der Waals surface area contributed by atoms with Crippen LogP contribution in [0.25, 0.3) is 0 Å². The number of carbonyl (C=O) groups is 3. The number of imide groups is 1. The molecule has 1 unspecified atom stereocenters. The number of anilines is 1. The fraction of sp³-hybridized carbons (Fsp3) is 0.176. The predicted octanol–water partition coefficient (Wildman–Crippen LogP) is 2.82. The molecule has 0 saturated carbocycles. The minimum Gasteiger partial charge on any atom is -0.319 e. The van der Waals surface area contributed by atoms with E-state index >= 15 is 0 Å². The van der Waals surface area contributed by atoms with Crippen LogP contribution in [0.15, 0.2) is 29.6 Å². The quantitative estimate of drug-likeness (QED) is 0.762. The number of rotatable bonds is 4. The number of nitrogens with zero attached hydrogens (tertiary/aromatic N) is 2. The molecule has 2 aromatic rings. The Labute approximate surface area is 162 Å². The Kier molecular flexibility index (Phi) is 4.87. The van der Waals surface area contributed by atoms with Crippen LogP contribution in [-0.2, 0) is 15.1 Å². The Morgan fingerprint density at radius 3 is 2.85 bits per heavy atom. The van der Waals surface area contributed by atoms with Gasteiger partial charge < -0.3 is 10.6 Å². The Hall–Kier alpha value is -2.96. The minimum atomic E-state index is -1.52. The first-order chi connectivity index (χ1) is 12.8. The van der Waals surface area contributed by atoms with Gasteiger partial charge in [-0.05, 0) is 30.5 Å². The Morgan fingerprint density at radius 2 is 2.19 bits per heavy atom. The Bertz CT molecular complexity index is 1000. The number of nitriles is 1. The fourth-order valence-electron chi connectivity index (χ4n) is 2.72. The molecule has 4 amide bonds. The second-order valence-corrected chi connectivity index (χ2v) is 7.22. The van der Waals surface area contributed by atoms with Gasteiger partial charge in [0.15, 0.2) is 0 Å². The van der Waals surface area contributed by atoms with Gasteiger partial charge in [0.05, 0.1) is 5.56 Å². The molecule has 0 bridgehead atoms. The van der Waals surface area contributed by atoms with Crippen LogP contribution in [0.2, 0.25) is 5.02 Å². The van der Waals surface area contributed by atoms with Crippen molar-refractivity contribution >= 4 is 45.8 Å². The molecule has 1 saturated heterocycles. The van der Waals surface area contributed by atoms with Crippen molar-refractivity contribution in [2.24, 2.45) is 0 Å². The van der Waals surface area contributed by atoms with Crippen molar-refractivity contribution in [3.8, 4) is 6.07 Å². The number of halogens is 2. The van der Waals surface area contributed by atoms with Gasteiger partial charge in [-0.15, -0.1) is 11.3 Å². The van der Waals surface area contributed by atoms with E-state index in [0.29, 0.717) is 5.00 Å². The van der Waals surface area contributed by atoms with Crippen LogP contribution in [0.4, 0.5) is 14.2 Å². The van der Waals surface area contributed by atoms with E-state index in [2.05, 4.69) is 10.6 Å². The molecule has 1 aromatic carbocycles. The number of benzene rings is 1. The lowest BCUT2D eigenvalue weighted by molar-refractivity contribution is -0.133. The van der Waals surface area contributed by atoms with Gasteiger partial charge in [-0.1, -0.05) is 17.7 Å². The minimum absolute atomic E-state index is 0.0188. The smallest absolute Gasteiger partial charge is 0.319 e. The number of urea groups is 1. The van der Waals surface area contributed by atoms with E-state index in [-0.39, 0.29) is 16.1 Å². The molecule has 27 heavy (non-hydrogen) atoms. The highest BCUT2D eigenvalue weighted by molar-refractivity contribution is 7.14. The zero-order chi connectivity index (χ0) is 19.8. The Morgan fingerprint density at radius 1 is 1.44 bits per heavy atom. The second-order valence-electron chi connectivity index (χ2n) is 5.89. The van der Waals surface area contributed by atoms with Crippen molar-refractivity contribution in [2.45, 2.75) is 12.5 Å². The van der Waals surface area contributed by atoms with Crippen LogP contribution in [-0.4, -0.2) is 29.3 Å². The van der Waals surface area contributed by atoms with E-state index in [1.54, 1.807) is 11.4 Å². The Balaban J connectivity index is 1.80. The lowest BCUT2D eigenvalue weighted by Crippen LogP contribution is -2.42. The van der Waals surface area contributed by atoms with Crippen LogP contribution in [0.3, 0.4) is 0 Å². The maximum Gasteiger partial charge on any atom is 0.325 e. The molecule has 0 radical (unpaired) electrons. The number of thiophene rings is 1. The first kappa shape index (κ1) is 18.8. The summed E-state index contributed by atoms with van der Waals surface area (Å²) in [7, 11) is 0. The first-order valence-electron chi connectivity index (χ1n) is 7.63. The zero-order valence-electron chi connectivity index (χ0n) is 13.9. The SMILES string of the molecule is CC1(c2ccc(F)cc2Cl)NC(=O)N(CC(=O)Nc2sccc2C#N)C1=O. The van der Waals surface area contributed by atoms with Crippen LogP contribution < -0.4 is 10.6 Å². The lowest BCUT2D eigenvalue weighted by atomic mass is 9.92. The van der Waals surface area contributed by atoms with Crippen LogP contribution in [0.5, 0.6) is 0 Å². The average Bonchev–Trinajstić information content (AvgIpc) is 3.13. The highest BCUT2D eigenvalue weighted by Crippen LogP contribution is 2.34. The molecule has 7 nitrogen and oxygen atoms in total. The monoisotopic (exact) mass is 406 g/mol. The molecular formula is C17H12ClFN4O3S. The third kappa shape index (κ3) is 3.37. The molecule has 1 atom stereocenters. The predicted molar refractivity (Wildman–Crippen MR) is 96.7 cm³/mol. The summed E-state index contributed by atoms with van der Waals surface area (Å²) >= 11 is 7.17. The van der Waals surface area contributed by atoms with Crippen LogP contribution >= 0.6 is 22.9 Å². The number of hydrogen-bond donors (Lipinski definition) is 2. The van der Waals surface area contributed by atoms with Gasteiger partial charge in [-0.25, -0.2) is 9.18 Å². The molecular weight excluding hydrogens is 395 g/mol. The molecule has 2 heterocycles. The van der Waals surface area contributed by atoms with Crippen LogP contribution in [0, 0.1) is 17.1 Å². The molecule has 2 N–H and O–H groups in total. The molecule has 1 aromatic heterocycles. The maximum atomic E-state index is 13.3. The van der Waals surface area contributed by atoms with E-state index in [0.717, 1.165) is 28.4 Å². The third-order valence-electron chi connectivity index (χ3n) is 4.09. The van der Waals surface area contributed by atoms with Crippen LogP contribution in [0.1, 0.15) is 18.1 Å². The average molecular weight is 407 g/mol. The molecule has 1 aliphatic rings. The molecule has 1 fully saturated rings. The van der Waals surface area contributed by atoms with Crippen molar-refractivity contribution in [3.05, 3.63) is 51.6 Å². The molecule has 1 aliphatic heterocycles. The number of nitrogens with one attached hydrogen (secondary N) is 2. The largest absolute Gasteiger partial charge is 0.325 e. The summed E-state index contributed by atoms with van der Waals surface area (Å²) in [6.07, 6.45) is 0. The number of amides is 4. The zero-order valence-corrected chi connectivity index (χ0v) is 15.4. The summed E-state index contributed by atoms with van der Waals surface area (Å²) in [5.74, 6) is -1.90. The van der Waals surface area contributed by atoms with Crippen molar-refractivity contribution in [2.75, 3.05) is 11.9 Å². The summed E-state index contributed by atoms with van der Waals surface area (Å²) in [6.45, 7) is 0.888. The second kappa shape index (κ2) is 6.98. The summed E-state index contributed by atoms with van der Waals surface area (Å²) in [4.78, 5) is 38.0. The summed E-state index contributed by atoms with van der Waals surface area (Å²) in [5, 5.41) is 15.9. The molecule has 3 rings (SSSR count). The van der Waals surface area contributed by atoms with Gasteiger partial charge in [-0.2, -0.15) is 5.26 Å². The van der Waals surface area contributed by atoms with Crippen molar-refractivity contribution < 1.29 is 18.8 Å². The van der Waals surface area contributed by atoms with E-state index in [9.17, 15) is 18.8 Å². The van der Waals surface area contributed by atoms with E-state index < -0.39 is 35.7 Å². The van der Waals surface area contributed by atoms with Crippen molar-refractivity contribution in [3.63, 3.8) is 0 Å². The summed E-state index contributed by atoms with van der Waals surface area (Å²) in [5.41, 5.74) is -1.02. The van der Waals surface area contributed by atoms with Gasteiger partial charge in [-0.3, -0.25) is 14.5 Å². The highest BCUT2D eigenvalue weighted by Gasteiger charge is 2.50. The van der Waals surface area contributed by atoms with Gasteiger partial charge >= 0.3 is 6.03 Å². The molecule has 138 valence electrons. The lowest BCUT2D eigenvalue weighted by Gasteiger charge is -2.23.